The van der Waals surface area contributed by atoms with Crippen molar-refractivity contribution >= 4 is 28.3 Å². The Balaban J connectivity index is 1.93. The third-order valence-electron chi connectivity index (χ3n) is 4.23. The van der Waals surface area contributed by atoms with Gasteiger partial charge in [0.15, 0.2) is 5.69 Å². The molecule has 3 aromatic rings. The molecule has 0 aliphatic carbocycles. The van der Waals surface area contributed by atoms with Crippen molar-refractivity contribution in [3.05, 3.63) is 58.5 Å². The fourth-order valence-corrected chi connectivity index (χ4v) is 2.99. The maximum Gasteiger partial charge on any atom is 0.275 e. The van der Waals surface area contributed by atoms with E-state index < -0.39 is 23.9 Å². The topological polar surface area (TPSA) is 126 Å². The summed E-state index contributed by atoms with van der Waals surface area (Å²) in [7, 11) is 0. The summed E-state index contributed by atoms with van der Waals surface area (Å²) in [5.74, 6) is -0.285. The number of hydrogen-bond acceptors (Lipinski definition) is 6. The predicted octanol–water partition coefficient (Wildman–Crippen LogP) is 1.93. The number of ether oxygens (including phenoxy) is 2. The van der Waals surface area contributed by atoms with Gasteiger partial charge in [0.25, 0.3) is 11.5 Å². The van der Waals surface area contributed by atoms with Gasteiger partial charge >= 0.3 is 0 Å². The number of primary amides is 1. The van der Waals surface area contributed by atoms with Gasteiger partial charge in [-0.2, -0.15) is 5.10 Å². The van der Waals surface area contributed by atoms with Crippen molar-refractivity contribution in [3.8, 4) is 11.5 Å². The number of amides is 2. The van der Waals surface area contributed by atoms with Crippen molar-refractivity contribution < 1.29 is 19.1 Å². The third-order valence-corrected chi connectivity index (χ3v) is 4.23. The minimum absolute atomic E-state index is 0.0775. The molecule has 0 saturated carbocycles. The molecule has 0 unspecified atom stereocenters. The molecule has 0 fully saturated rings. The lowest BCUT2D eigenvalue weighted by atomic mass is 10.1. The number of hydrogen-bond donors (Lipinski definition) is 2. The highest BCUT2D eigenvalue weighted by atomic mass is 16.5. The van der Waals surface area contributed by atoms with Crippen LogP contribution in [-0.4, -0.2) is 34.8 Å². The molecule has 0 spiro atoms. The lowest BCUT2D eigenvalue weighted by molar-refractivity contribution is -0.117. The summed E-state index contributed by atoms with van der Waals surface area (Å²) in [5.41, 5.74) is 5.22. The zero-order chi connectivity index (χ0) is 21.7. The molecular weight excluding hydrogens is 388 g/mol. The Kier molecular flexibility index (Phi) is 6.31. The highest BCUT2D eigenvalue weighted by Gasteiger charge is 2.17. The molecule has 0 aliphatic heterocycles. The molecule has 3 rings (SSSR count). The van der Waals surface area contributed by atoms with Crippen molar-refractivity contribution in [3.63, 3.8) is 0 Å². The first-order valence-electron chi connectivity index (χ1n) is 9.43. The molecule has 3 N–H and O–H groups in total. The van der Waals surface area contributed by atoms with E-state index >= 15 is 0 Å². The fourth-order valence-electron chi connectivity index (χ4n) is 2.99. The van der Waals surface area contributed by atoms with E-state index in [0.717, 1.165) is 4.68 Å². The highest BCUT2D eigenvalue weighted by Crippen LogP contribution is 2.29. The first kappa shape index (κ1) is 20.8. The van der Waals surface area contributed by atoms with E-state index in [0.29, 0.717) is 35.8 Å². The highest BCUT2D eigenvalue weighted by molar-refractivity contribution is 6.04. The second-order valence-corrected chi connectivity index (χ2v) is 6.29. The van der Waals surface area contributed by atoms with Crippen LogP contribution in [0.2, 0.25) is 0 Å². The quantitative estimate of drug-likeness (QED) is 0.584. The summed E-state index contributed by atoms with van der Waals surface area (Å²) in [6, 6.07) is 11.5. The number of anilines is 1. The van der Waals surface area contributed by atoms with Gasteiger partial charge < -0.3 is 20.5 Å². The van der Waals surface area contributed by atoms with Crippen LogP contribution in [0.5, 0.6) is 11.5 Å². The minimum Gasteiger partial charge on any atom is -0.494 e. The second-order valence-electron chi connectivity index (χ2n) is 6.29. The lowest BCUT2D eigenvalue weighted by Crippen LogP contribution is -2.32. The molecule has 156 valence electrons. The number of nitrogens with zero attached hydrogens (tertiary/aromatic N) is 2. The Morgan fingerprint density at radius 2 is 1.77 bits per heavy atom. The number of nitrogens with two attached hydrogens (primary N) is 1. The molecule has 0 atom stereocenters. The van der Waals surface area contributed by atoms with Crippen LogP contribution in [0.4, 0.5) is 5.69 Å². The van der Waals surface area contributed by atoms with E-state index in [4.69, 9.17) is 15.2 Å². The molecule has 0 aliphatic rings. The maximum atomic E-state index is 12.7. The average molecular weight is 410 g/mol. The van der Waals surface area contributed by atoms with Gasteiger partial charge in [-0.1, -0.05) is 18.2 Å². The number of carbonyl (C=O) groups excluding carboxylic acids is 2. The molecule has 1 heterocycles. The van der Waals surface area contributed by atoms with Crippen molar-refractivity contribution in [2.75, 3.05) is 18.5 Å². The van der Waals surface area contributed by atoms with Gasteiger partial charge in [-0.15, -0.1) is 0 Å². The smallest absolute Gasteiger partial charge is 0.275 e. The Hall–Kier alpha value is -3.88. The third kappa shape index (κ3) is 4.40. The molecule has 1 aromatic heterocycles. The summed E-state index contributed by atoms with van der Waals surface area (Å²) < 4.78 is 11.9. The van der Waals surface area contributed by atoms with Crippen molar-refractivity contribution in [2.24, 2.45) is 5.73 Å². The zero-order valence-electron chi connectivity index (χ0n) is 16.7. The number of fused-ring (bicyclic) bond motifs is 1. The SMILES string of the molecule is CCOc1ccc(OCC)c(NC(=O)Cn2nc(C(N)=O)c3ccccc3c2=O)c1. The summed E-state index contributed by atoms with van der Waals surface area (Å²) in [5, 5.41) is 7.30. The summed E-state index contributed by atoms with van der Waals surface area (Å²) in [4.78, 5) is 37.2. The van der Waals surface area contributed by atoms with Gasteiger partial charge in [-0.3, -0.25) is 14.4 Å². The van der Waals surface area contributed by atoms with Gasteiger partial charge in [0.05, 0.1) is 24.3 Å². The van der Waals surface area contributed by atoms with Crippen molar-refractivity contribution in [1.82, 2.24) is 9.78 Å². The van der Waals surface area contributed by atoms with E-state index in [1.165, 1.54) is 0 Å². The normalized spacial score (nSPS) is 10.6. The van der Waals surface area contributed by atoms with E-state index in [1.807, 2.05) is 13.8 Å². The van der Waals surface area contributed by atoms with Crippen LogP contribution in [-0.2, 0) is 11.3 Å². The largest absolute Gasteiger partial charge is 0.494 e. The molecule has 0 bridgehead atoms. The monoisotopic (exact) mass is 410 g/mol. The number of aromatic nitrogens is 2. The van der Waals surface area contributed by atoms with Gasteiger partial charge in [0, 0.05) is 11.5 Å². The van der Waals surface area contributed by atoms with Crippen molar-refractivity contribution in [1.29, 1.82) is 0 Å². The van der Waals surface area contributed by atoms with E-state index in [1.54, 1.807) is 42.5 Å². The standard InChI is InChI=1S/C21H22N4O5/c1-3-29-13-9-10-17(30-4-2)16(11-13)23-18(26)12-25-21(28)15-8-6-5-7-14(15)19(24-25)20(22)27/h5-11H,3-4,12H2,1-2H3,(H2,22,27)(H,23,26). The summed E-state index contributed by atoms with van der Waals surface area (Å²) >= 11 is 0. The number of rotatable bonds is 8. The summed E-state index contributed by atoms with van der Waals surface area (Å²) in [6.45, 7) is 4.14. The predicted molar refractivity (Wildman–Crippen MR) is 112 cm³/mol. The van der Waals surface area contributed by atoms with E-state index in [-0.39, 0.29) is 11.1 Å². The van der Waals surface area contributed by atoms with Crippen LogP contribution >= 0.6 is 0 Å². The molecule has 2 aromatic carbocycles. The number of carbonyl (C=O) groups is 2. The molecular formula is C21H22N4O5. The van der Waals surface area contributed by atoms with E-state index in [2.05, 4.69) is 10.4 Å². The zero-order valence-corrected chi connectivity index (χ0v) is 16.7. The van der Waals surface area contributed by atoms with Gasteiger partial charge in [-0.05, 0) is 32.0 Å². The minimum atomic E-state index is -0.789. The van der Waals surface area contributed by atoms with Crippen LogP contribution < -0.4 is 26.1 Å². The Morgan fingerprint density at radius 1 is 1.07 bits per heavy atom. The molecule has 2 amide bonds. The van der Waals surface area contributed by atoms with Crippen LogP contribution in [0.1, 0.15) is 24.3 Å². The second kappa shape index (κ2) is 9.08. The Labute approximate surface area is 172 Å². The molecule has 30 heavy (non-hydrogen) atoms. The molecule has 9 heteroatoms. The fraction of sp³-hybridized carbons (Fsp3) is 0.238. The van der Waals surface area contributed by atoms with Crippen LogP contribution in [0.15, 0.2) is 47.3 Å². The summed E-state index contributed by atoms with van der Waals surface area (Å²) in [6.07, 6.45) is 0. The average Bonchev–Trinajstić information content (AvgIpc) is 2.72. The molecule has 0 radical (unpaired) electrons. The Morgan fingerprint density at radius 3 is 2.43 bits per heavy atom. The van der Waals surface area contributed by atoms with Crippen molar-refractivity contribution in [2.45, 2.75) is 20.4 Å². The van der Waals surface area contributed by atoms with Crippen LogP contribution in [0.25, 0.3) is 10.8 Å². The van der Waals surface area contributed by atoms with Crippen LogP contribution in [0.3, 0.4) is 0 Å². The maximum absolute atomic E-state index is 12.7. The first-order valence-corrected chi connectivity index (χ1v) is 9.43. The number of benzene rings is 2. The number of nitrogens with one attached hydrogen (secondary N) is 1. The van der Waals surface area contributed by atoms with E-state index in [9.17, 15) is 14.4 Å². The molecule has 9 nitrogen and oxygen atoms in total. The van der Waals surface area contributed by atoms with Gasteiger partial charge in [0.1, 0.15) is 18.0 Å². The Bertz CT molecular complexity index is 1160. The first-order chi connectivity index (χ1) is 14.4. The lowest BCUT2D eigenvalue weighted by Gasteiger charge is -2.14. The molecule has 0 saturated heterocycles. The van der Waals surface area contributed by atoms with Crippen LogP contribution in [0, 0.1) is 0 Å². The van der Waals surface area contributed by atoms with Gasteiger partial charge in [0.2, 0.25) is 5.91 Å². The van der Waals surface area contributed by atoms with Gasteiger partial charge in [-0.25, -0.2) is 4.68 Å².